The van der Waals surface area contributed by atoms with E-state index in [0.717, 1.165) is 47.6 Å². The van der Waals surface area contributed by atoms with Gasteiger partial charge in [-0.1, -0.05) is 18.6 Å². The Morgan fingerprint density at radius 2 is 1.84 bits per heavy atom. The molecule has 5 rings (SSSR count). The maximum atomic E-state index is 12.3. The van der Waals surface area contributed by atoms with Crippen LogP contribution >= 0.6 is 11.3 Å². The van der Waals surface area contributed by atoms with E-state index in [0.29, 0.717) is 17.1 Å². The molecular weight excluding hydrogens is 515 g/mol. The molecule has 0 radical (unpaired) electrons. The first-order valence-electron chi connectivity index (χ1n) is 12.5. The third-order valence-corrected chi connectivity index (χ3v) is 7.39. The van der Waals surface area contributed by atoms with Gasteiger partial charge in [0.05, 0.1) is 12.6 Å². The normalized spacial score (nSPS) is 14.6. The number of piperidine rings is 1. The second-order valence-electron chi connectivity index (χ2n) is 9.31. The summed E-state index contributed by atoms with van der Waals surface area (Å²) in [6.07, 6.45) is 4.70. The molecule has 1 aliphatic heterocycles. The number of fused-ring (bicyclic) bond motifs is 1. The van der Waals surface area contributed by atoms with Gasteiger partial charge in [0.1, 0.15) is 18.9 Å². The Morgan fingerprint density at radius 3 is 2.61 bits per heavy atom. The van der Waals surface area contributed by atoms with E-state index in [1.54, 1.807) is 23.0 Å². The maximum Gasteiger partial charge on any atom is 0.405 e. The Kier molecular flexibility index (Phi) is 7.94. The first kappa shape index (κ1) is 26.2. The molecule has 1 fully saturated rings. The van der Waals surface area contributed by atoms with Gasteiger partial charge < -0.3 is 10.1 Å². The van der Waals surface area contributed by atoms with Crippen LogP contribution in [0.3, 0.4) is 0 Å². The van der Waals surface area contributed by atoms with Crippen molar-refractivity contribution in [1.82, 2.24) is 24.8 Å². The number of carbonyl (C=O) groups is 1. The predicted molar refractivity (Wildman–Crippen MR) is 140 cm³/mol. The molecule has 0 unspecified atom stereocenters. The highest BCUT2D eigenvalue weighted by molar-refractivity contribution is 7.10. The zero-order valence-electron chi connectivity index (χ0n) is 20.7. The summed E-state index contributed by atoms with van der Waals surface area (Å²) in [5.74, 6) is 0.165. The Balaban J connectivity index is 1.21. The molecule has 4 aromatic rings. The topological polar surface area (TPSA) is 71.8 Å². The molecule has 1 aliphatic rings. The summed E-state index contributed by atoms with van der Waals surface area (Å²) >= 11 is 1.31. The number of hydrogen-bond donors (Lipinski definition) is 1. The monoisotopic (exact) mass is 543 g/mol. The number of hydrogen-bond acceptors (Lipinski definition) is 6. The van der Waals surface area contributed by atoms with E-state index in [9.17, 15) is 18.0 Å². The van der Waals surface area contributed by atoms with Crippen LogP contribution in [0.25, 0.3) is 27.9 Å². The van der Waals surface area contributed by atoms with Crippen molar-refractivity contribution in [2.45, 2.75) is 31.9 Å². The predicted octanol–water partition coefficient (Wildman–Crippen LogP) is 5.21. The quantitative estimate of drug-likeness (QED) is 0.314. The fourth-order valence-corrected chi connectivity index (χ4v) is 5.36. The lowest BCUT2D eigenvalue weighted by Gasteiger charge is -2.26. The van der Waals surface area contributed by atoms with Crippen LogP contribution in [0.15, 0.2) is 54.3 Å². The van der Waals surface area contributed by atoms with Crippen molar-refractivity contribution in [2.75, 3.05) is 32.8 Å². The summed E-state index contributed by atoms with van der Waals surface area (Å²) in [7, 11) is 0. The zero-order valence-corrected chi connectivity index (χ0v) is 21.5. The van der Waals surface area contributed by atoms with Crippen molar-refractivity contribution in [1.29, 1.82) is 0 Å². The highest BCUT2D eigenvalue weighted by atomic mass is 32.1. The number of ether oxygens (including phenoxy) is 1. The van der Waals surface area contributed by atoms with E-state index < -0.39 is 18.6 Å². The number of nitrogens with one attached hydrogen (secondary N) is 1. The van der Waals surface area contributed by atoms with Gasteiger partial charge in [-0.05, 0) is 60.6 Å². The summed E-state index contributed by atoms with van der Waals surface area (Å²) in [6.45, 7) is 2.59. The van der Waals surface area contributed by atoms with Crippen molar-refractivity contribution < 1.29 is 22.7 Å². The molecule has 7 nitrogen and oxygen atoms in total. The van der Waals surface area contributed by atoms with Gasteiger partial charge in [0.2, 0.25) is 5.91 Å². The third kappa shape index (κ3) is 6.70. The minimum atomic E-state index is -4.43. The molecule has 11 heteroatoms. The van der Waals surface area contributed by atoms with Gasteiger partial charge in [-0.3, -0.25) is 9.69 Å². The van der Waals surface area contributed by atoms with Crippen LogP contribution < -0.4 is 10.1 Å². The van der Waals surface area contributed by atoms with Crippen LogP contribution in [0, 0.1) is 0 Å². The SMILES string of the molecule is O=C(Cc1cc(-c2cnn3cc(-c4ccc(OCCN5CCCCC5)cc4)cnc23)cs1)NCC(F)(F)F. The number of thiophene rings is 1. The Bertz CT molecular complexity index is 1380. The number of aromatic nitrogens is 3. The van der Waals surface area contributed by atoms with Gasteiger partial charge in [0.15, 0.2) is 5.65 Å². The second kappa shape index (κ2) is 11.5. The Labute approximate surface area is 222 Å². The maximum absolute atomic E-state index is 12.3. The number of nitrogens with zero attached hydrogens (tertiary/aromatic N) is 4. The van der Waals surface area contributed by atoms with Gasteiger partial charge in [-0.15, -0.1) is 11.3 Å². The van der Waals surface area contributed by atoms with Crippen LogP contribution in [0.2, 0.25) is 0 Å². The number of halogens is 3. The Hall–Kier alpha value is -3.44. The highest BCUT2D eigenvalue weighted by Gasteiger charge is 2.27. The fourth-order valence-electron chi connectivity index (χ4n) is 4.48. The lowest BCUT2D eigenvalue weighted by molar-refractivity contribution is -0.138. The van der Waals surface area contributed by atoms with Crippen LogP contribution in [0.4, 0.5) is 13.2 Å². The lowest BCUT2D eigenvalue weighted by Crippen LogP contribution is -2.34. The number of benzene rings is 1. The molecule has 1 N–H and O–H groups in total. The summed E-state index contributed by atoms with van der Waals surface area (Å²) in [5.41, 5.74) is 4.14. The van der Waals surface area contributed by atoms with Gasteiger partial charge in [-0.25, -0.2) is 9.50 Å². The molecule has 0 saturated carbocycles. The number of alkyl halides is 3. The minimum Gasteiger partial charge on any atom is -0.492 e. The number of rotatable bonds is 9. The largest absolute Gasteiger partial charge is 0.492 e. The van der Waals surface area contributed by atoms with Gasteiger partial charge >= 0.3 is 6.18 Å². The van der Waals surface area contributed by atoms with Crippen molar-refractivity contribution in [2.24, 2.45) is 0 Å². The molecule has 1 saturated heterocycles. The van der Waals surface area contributed by atoms with Crippen LogP contribution in [-0.2, 0) is 11.2 Å². The molecule has 0 bridgehead atoms. The second-order valence-corrected chi connectivity index (χ2v) is 10.3. The van der Waals surface area contributed by atoms with Crippen LogP contribution in [-0.4, -0.2) is 64.4 Å². The van der Waals surface area contributed by atoms with Crippen molar-refractivity contribution in [3.05, 3.63) is 59.2 Å². The van der Waals surface area contributed by atoms with E-state index in [1.807, 2.05) is 41.2 Å². The summed E-state index contributed by atoms with van der Waals surface area (Å²) in [4.78, 5) is 19.6. The van der Waals surface area contributed by atoms with Crippen molar-refractivity contribution in [3.63, 3.8) is 0 Å². The van der Waals surface area contributed by atoms with Crippen molar-refractivity contribution in [3.8, 4) is 28.0 Å². The number of carbonyl (C=O) groups excluding carboxylic acids is 1. The molecule has 38 heavy (non-hydrogen) atoms. The van der Waals surface area contributed by atoms with Gasteiger partial charge in [0, 0.05) is 34.9 Å². The third-order valence-electron chi connectivity index (χ3n) is 6.45. The molecule has 3 aromatic heterocycles. The van der Waals surface area contributed by atoms with Gasteiger partial charge in [-0.2, -0.15) is 18.3 Å². The molecule has 1 aromatic carbocycles. The Morgan fingerprint density at radius 1 is 1.05 bits per heavy atom. The van der Waals surface area contributed by atoms with E-state index in [2.05, 4.69) is 15.0 Å². The fraction of sp³-hybridized carbons (Fsp3) is 0.370. The van der Waals surface area contributed by atoms with E-state index in [1.165, 1.54) is 30.6 Å². The molecule has 0 atom stereocenters. The van der Waals surface area contributed by atoms with Crippen molar-refractivity contribution >= 4 is 22.9 Å². The minimum absolute atomic E-state index is 0.116. The van der Waals surface area contributed by atoms with E-state index in [4.69, 9.17) is 4.74 Å². The summed E-state index contributed by atoms with van der Waals surface area (Å²) in [6, 6.07) is 9.70. The summed E-state index contributed by atoms with van der Waals surface area (Å²) < 4.78 is 44.6. The van der Waals surface area contributed by atoms with E-state index >= 15 is 0 Å². The zero-order chi connectivity index (χ0) is 26.5. The average Bonchev–Trinajstić information content (AvgIpc) is 3.54. The first-order chi connectivity index (χ1) is 18.3. The van der Waals surface area contributed by atoms with Crippen LogP contribution in [0.5, 0.6) is 5.75 Å². The number of amides is 1. The first-order valence-corrected chi connectivity index (χ1v) is 13.4. The molecular formula is C27H28F3N5O2S. The molecule has 0 spiro atoms. The molecule has 200 valence electrons. The van der Waals surface area contributed by atoms with E-state index in [-0.39, 0.29) is 6.42 Å². The van der Waals surface area contributed by atoms with Gasteiger partial charge in [0.25, 0.3) is 0 Å². The molecule has 0 aliphatic carbocycles. The summed E-state index contributed by atoms with van der Waals surface area (Å²) in [5, 5.41) is 8.18. The van der Waals surface area contributed by atoms with Crippen LogP contribution in [0.1, 0.15) is 24.1 Å². The lowest BCUT2D eigenvalue weighted by atomic mass is 10.1. The molecule has 1 amide bonds. The standard InChI is InChI=1S/C27H28F3N5O2S/c28-27(29,30)18-32-25(36)13-23-12-20(17-38-23)24-15-33-35-16-21(14-31-26(24)35)19-4-6-22(7-5-19)37-11-10-34-8-2-1-3-9-34/h4-7,12,14-17H,1-3,8-11,13,18H2,(H,32,36). The highest BCUT2D eigenvalue weighted by Crippen LogP contribution is 2.30. The number of likely N-dealkylation sites (tertiary alicyclic amines) is 1. The molecule has 4 heterocycles. The smallest absolute Gasteiger partial charge is 0.405 e. The average molecular weight is 544 g/mol.